The lowest BCUT2D eigenvalue weighted by molar-refractivity contribution is 0.0679. The quantitative estimate of drug-likeness (QED) is 0.174. The van der Waals surface area contributed by atoms with Crippen molar-refractivity contribution in [3.05, 3.63) is 125 Å². The summed E-state index contributed by atoms with van der Waals surface area (Å²) in [5, 5.41) is 16.6. The van der Waals surface area contributed by atoms with Crippen LogP contribution in [0, 0.1) is 0 Å². The van der Waals surface area contributed by atoms with E-state index in [1.165, 1.54) is 49.9 Å². The molecule has 0 saturated carbocycles. The third-order valence-corrected chi connectivity index (χ3v) is 7.16. The van der Waals surface area contributed by atoms with Gasteiger partial charge in [-0.15, -0.1) is 0 Å². The van der Waals surface area contributed by atoms with Crippen molar-refractivity contribution in [1.29, 1.82) is 0 Å². The van der Waals surface area contributed by atoms with Crippen molar-refractivity contribution in [2.75, 3.05) is 27.2 Å². The minimum absolute atomic E-state index is 0. The maximum atomic E-state index is 10.5. The minimum Gasteiger partial charge on any atom is -0.477 e. The Morgan fingerprint density at radius 2 is 1.09 bits per heavy atom. The van der Waals surface area contributed by atoms with Gasteiger partial charge in [0.25, 0.3) is 11.1 Å². The molecule has 252 valence electrons. The molecule has 0 amide bonds. The van der Waals surface area contributed by atoms with Crippen molar-refractivity contribution in [2.24, 2.45) is 0 Å². The molecule has 0 bridgehead atoms. The minimum atomic E-state index is -1.34. The van der Waals surface area contributed by atoms with Gasteiger partial charge in [0.15, 0.2) is 0 Å². The number of hydrogen-bond acceptors (Lipinski definition) is 10. The average Bonchev–Trinajstić information content (AvgIpc) is 3.66. The Bertz CT molecular complexity index is 1620. The number of hydrogen-bond donors (Lipinski definition) is 6. The summed E-state index contributed by atoms with van der Waals surface area (Å²) >= 11 is 0. The first-order chi connectivity index (χ1) is 21.9. The topological polar surface area (TPSA) is 270 Å². The lowest BCUT2D eigenvalue weighted by Crippen LogP contribution is -2.24. The first kappa shape index (κ1) is 37.7. The number of H-pyrrole nitrogens is 4. The molecule has 2 unspecified atom stereocenters. The second-order valence-electron chi connectivity index (χ2n) is 10.5. The number of carboxylic acids is 2. The largest absolute Gasteiger partial charge is 0.477 e. The number of nitrogens with zero attached hydrogens (tertiary/aromatic N) is 4. The number of pyridine rings is 2. The number of aromatic amines is 4. The highest BCUT2D eigenvalue weighted by Crippen LogP contribution is 2.30. The molecule has 2 aliphatic heterocycles. The van der Waals surface area contributed by atoms with Crippen LogP contribution >= 0.6 is 0 Å². The Morgan fingerprint density at radius 1 is 0.702 bits per heavy atom. The van der Waals surface area contributed by atoms with Crippen LogP contribution in [0.25, 0.3) is 0 Å². The Morgan fingerprint density at radius 3 is 1.34 bits per heavy atom. The smallest absolute Gasteiger partial charge is 0.352 e. The summed E-state index contributed by atoms with van der Waals surface area (Å²) in [4.78, 5) is 82.8. The highest BCUT2D eigenvalue weighted by molar-refractivity contribution is 5.85. The fourth-order valence-corrected chi connectivity index (χ4v) is 4.98. The van der Waals surface area contributed by atoms with E-state index in [-0.39, 0.29) is 5.48 Å². The molecular formula is C30H38N8O9. The Hall–Kier alpha value is -5.52. The predicted molar refractivity (Wildman–Crippen MR) is 171 cm³/mol. The van der Waals surface area contributed by atoms with Gasteiger partial charge in [-0.1, -0.05) is 12.1 Å². The van der Waals surface area contributed by atoms with Crippen molar-refractivity contribution >= 4 is 11.9 Å². The molecule has 17 heteroatoms. The van der Waals surface area contributed by atoms with Crippen LogP contribution in [0.5, 0.6) is 0 Å². The molecule has 2 saturated heterocycles. The molecule has 17 nitrogen and oxygen atoms in total. The number of rotatable bonds is 4. The SMILES string of the molecule is CN1CCCC1c1cccnc1.CN1CCCC1c1cccnc1.O.O=C(O)c1cc(=O)[nH]c(=O)[nH]1.O=C(O)c1cc(=O)[nH]c(=O)[nH]1. The van der Waals surface area contributed by atoms with Gasteiger partial charge >= 0.3 is 23.3 Å². The van der Waals surface area contributed by atoms with Crippen LogP contribution in [-0.2, 0) is 0 Å². The molecule has 6 rings (SSSR count). The summed E-state index contributed by atoms with van der Waals surface area (Å²) in [7, 11) is 4.37. The van der Waals surface area contributed by atoms with E-state index in [0.29, 0.717) is 12.1 Å². The van der Waals surface area contributed by atoms with Crippen molar-refractivity contribution in [3.8, 4) is 0 Å². The Balaban J connectivity index is 0.000000217. The third kappa shape index (κ3) is 12.1. The molecule has 0 radical (unpaired) electrons. The molecule has 4 aromatic heterocycles. The second kappa shape index (κ2) is 18.4. The number of likely N-dealkylation sites (tertiary alicyclic amines) is 2. The zero-order chi connectivity index (χ0) is 33.6. The van der Waals surface area contributed by atoms with Gasteiger partial charge in [-0.2, -0.15) is 0 Å². The van der Waals surface area contributed by atoms with Gasteiger partial charge in [-0.3, -0.25) is 39.3 Å². The van der Waals surface area contributed by atoms with Gasteiger partial charge in [0.05, 0.1) is 0 Å². The van der Waals surface area contributed by atoms with Crippen molar-refractivity contribution < 1.29 is 25.3 Å². The van der Waals surface area contributed by atoms with Crippen LogP contribution in [0.3, 0.4) is 0 Å². The van der Waals surface area contributed by atoms with Gasteiger partial charge in [0.2, 0.25) is 0 Å². The van der Waals surface area contributed by atoms with E-state index in [4.69, 9.17) is 10.2 Å². The molecule has 0 aromatic carbocycles. The highest BCUT2D eigenvalue weighted by atomic mass is 16.4. The van der Waals surface area contributed by atoms with E-state index < -0.39 is 45.8 Å². The number of aromatic nitrogens is 6. The molecule has 2 atom stereocenters. The van der Waals surface area contributed by atoms with Gasteiger partial charge in [0, 0.05) is 49.0 Å². The van der Waals surface area contributed by atoms with Gasteiger partial charge in [0.1, 0.15) is 11.4 Å². The zero-order valence-electron chi connectivity index (χ0n) is 25.8. The molecule has 4 aromatic rings. The maximum Gasteiger partial charge on any atom is 0.352 e. The van der Waals surface area contributed by atoms with Gasteiger partial charge in [-0.05, 0) is 76.1 Å². The molecule has 47 heavy (non-hydrogen) atoms. The van der Waals surface area contributed by atoms with Crippen LogP contribution in [-0.4, -0.2) is 94.5 Å². The van der Waals surface area contributed by atoms with Crippen molar-refractivity contribution in [3.63, 3.8) is 0 Å². The molecule has 2 fully saturated rings. The Kier molecular flexibility index (Phi) is 14.8. The van der Waals surface area contributed by atoms with Gasteiger partial charge < -0.3 is 25.7 Å². The van der Waals surface area contributed by atoms with Crippen LogP contribution < -0.4 is 22.5 Å². The van der Waals surface area contributed by atoms with Crippen molar-refractivity contribution in [2.45, 2.75) is 37.8 Å². The van der Waals surface area contributed by atoms with E-state index in [2.05, 4.69) is 46.0 Å². The van der Waals surface area contributed by atoms with Crippen LogP contribution in [0.4, 0.5) is 0 Å². The lowest BCUT2D eigenvalue weighted by Gasteiger charge is -2.18. The first-order valence-corrected chi connectivity index (χ1v) is 14.3. The number of nitrogens with one attached hydrogen (secondary N) is 4. The molecule has 6 heterocycles. The molecule has 0 aliphatic carbocycles. The zero-order valence-corrected chi connectivity index (χ0v) is 25.8. The highest BCUT2D eigenvalue weighted by Gasteiger charge is 2.22. The predicted octanol–water partition coefficient (Wildman–Crippen LogP) is 0.395. The summed E-state index contributed by atoms with van der Waals surface area (Å²) in [6.07, 6.45) is 12.8. The summed E-state index contributed by atoms with van der Waals surface area (Å²) in [6, 6.07) is 11.2. The third-order valence-electron chi connectivity index (χ3n) is 7.16. The van der Waals surface area contributed by atoms with E-state index in [0.717, 1.165) is 12.1 Å². The standard InChI is InChI=1S/2C10H14N2.2C5H4N2O4.H2O/c2*1-12-7-3-5-10(12)9-4-2-6-11-8-9;2*8-3-1-2(4(9)10)6-5(11)7-3;/h2*2,4,6,8,10H,3,5,7H2,1H3;2*1H,(H,9,10)(H2,6,7,8,11);1H2. The van der Waals surface area contributed by atoms with E-state index >= 15 is 0 Å². The van der Waals surface area contributed by atoms with Crippen LogP contribution in [0.2, 0.25) is 0 Å². The first-order valence-electron chi connectivity index (χ1n) is 14.3. The summed E-state index contributed by atoms with van der Waals surface area (Å²) < 4.78 is 0. The second-order valence-corrected chi connectivity index (χ2v) is 10.5. The van der Waals surface area contributed by atoms with E-state index in [1.807, 2.05) is 56.9 Å². The van der Waals surface area contributed by atoms with Crippen LogP contribution in [0.1, 0.15) is 69.9 Å². The van der Waals surface area contributed by atoms with Crippen molar-refractivity contribution in [1.82, 2.24) is 39.7 Å². The number of carboxylic acid groups (broad SMARTS) is 2. The normalized spacial score (nSPS) is 17.0. The summed E-state index contributed by atoms with van der Waals surface area (Å²) in [6.45, 7) is 2.44. The van der Waals surface area contributed by atoms with Gasteiger partial charge in [-0.25, -0.2) is 19.2 Å². The summed E-state index contributed by atoms with van der Waals surface area (Å²) in [5.74, 6) is -2.68. The molecule has 2 aliphatic rings. The van der Waals surface area contributed by atoms with E-state index in [1.54, 1.807) is 0 Å². The molecule has 8 N–H and O–H groups in total. The summed E-state index contributed by atoms with van der Waals surface area (Å²) in [5.41, 5.74) is -1.23. The number of carbonyl (C=O) groups is 2. The number of aromatic carboxylic acids is 2. The fourth-order valence-electron chi connectivity index (χ4n) is 4.98. The average molecular weight is 655 g/mol. The monoisotopic (exact) mass is 654 g/mol. The lowest BCUT2D eigenvalue weighted by atomic mass is 10.1. The van der Waals surface area contributed by atoms with Crippen LogP contribution in [0.15, 0.2) is 80.4 Å². The van der Waals surface area contributed by atoms with E-state index in [9.17, 15) is 28.8 Å². The Labute approximate surface area is 267 Å². The fraction of sp³-hybridized carbons (Fsp3) is 0.333. The molecule has 0 spiro atoms. The maximum absolute atomic E-state index is 10.5. The molecular weight excluding hydrogens is 616 g/mol.